The number of aromatic nitrogens is 1. The molecule has 0 saturated carbocycles. The number of ketones is 1. The molecule has 0 spiro atoms. The lowest BCUT2D eigenvalue weighted by atomic mass is 9.95. The van der Waals surface area contributed by atoms with Gasteiger partial charge in [0.05, 0.1) is 31.5 Å². The number of Topliss-reactive ketones (excluding diaryl/α,β-unsaturated/α-hetero) is 1. The van der Waals surface area contributed by atoms with Crippen molar-refractivity contribution in [3.05, 3.63) is 83.6 Å². The summed E-state index contributed by atoms with van der Waals surface area (Å²) in [5.41, 5.74) is 0.785. The molecule has 8 nitrogen and oxygen atoms in total. The molecule has 152 valence electrons. The van der Waals surface area contributed by atoms with E-state index in [4.69, 9.17) is 9.15 Å². The second-order valence-corrected chi connectivity index (χ2v) is 6.67. The van der Waals surface area contributed by atoms with Gasteiger partial charge in [0.15, 0.2) is 11.5 Å². The molecule has 1 amide bonds. The fourth-order valence-corrected chi connectivity index (χ4v) is 3.49. The van der Waals surface area contributed by atoms with Gasteiger partial charge in [-0.2, -0.15) is 0 Å². The molecule has 8 heteroatoms. The standard InChI is InChI=1S/C22H18N2O6/c1-29-17-11-14(4-5-16(17)25)19-18(20(26)13-6-8-23-9-7-13)21(27)22(28)24(19)12-15-3-2-10-30-15/h2-11,19,25-26H,12H2,1H3. The minimum Gasteiger partial charge on any atom is -0.507 e. The number of benzene rings is 1. The van der Waals surface area contributed by atoms with Crippen molar-refractivity contribution in [2.75, 3.05) is 7.11 Å². The molecule has 2 aromatic heterocycles. The van der Waals surface area contributed by atoms with E-state index in [0.29, 0.717) is 16.9 Å². The Hall–Kier alpha value is -4.07. The van der Waals surface area contributed by atoms with Crippen molar-refractivity contribution in [3.8, 4) is 11.5 Å². The number of nitrogens with zero attached hydrogens (tertiary/aromatic N) is 2. The molecule has 1 saturated heterocycles. The first-order valence-corrected chi connectivity index (χ1v) is 9.09. The minimum absolute atomic E-state index is 0.0263. The molecular weight excluding hydrogens is 388 g/mol. The Bertz CT molecular complexity index is 1120. The van der Waals surface area contributed by atoms with Crippen molar-refractivity contribution >= 4 is 17.4 Å². The van der Waals surface area contributed by atoms with E-state index < -0.39 is 17.7 Å². The maximum absolute atomic E-state index is 12.9. The third-order valence-corrected chi connectivity index (χ3v) is 4.92. The van der Waals surface area contributed by atoms with E-state index in [9.17, 15) is 19.8 Å². The van der Waals surface area contributed by atoms with Gasteiger partial charge >= 0.3 is 0 Å². The van der Waals surface area contributed by atoms with E-state index in [1.807, 2.05) is 0 Å². The topological polar surface area (TPSA) is 113 Å². The molecule has 30 heavy (non-hydrogen) atoms. The van der Waals surface area contributed by atoms with E-state index in [-0.39, 0.29) is 29.4 Å². The lowest BCUT2D eigenvalue weighted by molar-refractivity contribution is -0.140. The summed E-state index contributed by atoms with van der Waals surface area (Å²) in [7, 11) is 1.40. The summed E-state index contributed by atoms with van der Waals surface area (Å²) in [6, 6.07) is 10.1. The average molecular weight is 406 g/mol. The molecule has 3 aromatic rings. The fourth-order valence-electron chi connectivity index (χ4n) is 3.49. The van der Waals surface area contributed by atoms with Crippen LogP contribution in [0.2, 0.25) is 0 Å². The first-order valence-electron chi connectivity index (χ1n) is 9.09. The Morgan fingerprint density at radius 3 is 2.63 bits per heavy atom. The number of likely N-dealkylation sites (tertiary alicyclic amines) is 1. The largest absolute Gasteiger partial charge is 0.507 e. The first kappa shape index (κ1) is 19.3. The molecule has 1 atom stereocenters. The fraction of sp³-hybridized carbons (Fsp3) is 0.136. The van der Waals surface area contributed by atoms with Gasteiger partial charge in [-0.25, -0.2) is 0 Å². The number of hydrogen-bond donors (Lipinski definition) is 2. The summed E-state index contributed by atoms with van der Waals surface area (Å²) in [4.78, 5) is 31.0. The highest BCUT2D eigenvalue weighted by atomic mass is 16.5. The summed E-state index contributed by atoms with van der Waals surface area (Å²) in [5.74, 6) is -1.31. The molecule has 2 N–H and O–H groups in total. The molecule has 1 aromatic carbocycles. The molecule has 4 rings (SSSR count). The van der Waals surface area contributed by atoms with Crippen molar-refractivity contribution < 1.29 is 29.0 Å². The van der Waals surface area contributed by atoms with Crippen LogP contribution < -0.4 is 4.74 Å². The molecular formula is C22H18N2O6. The van der Waals surface area contributed by atoms with Gasteiger partial charge in [-0.15, -0.1) is 0 Å². The Balaban J connectivity index is 1.89. The zero-order chi connectivity index (χ0) is 21.3. The van der Waals surface area contributed by atoms with E-state index in [1.54, 1.807) is 30.3 Å². The summed E-state index contributed by atoms with van der Waals surface area (Å²) in [6.45, 7) is 0.0263. The normalized spacial score (nSPS) is 18.0. The van der Waals surface area contributed by atoms with Crippen molar-refractivity contribution in [1.29, 1.82) is 0 Å². The number of hydrogen-bond acceptors (Lipinski definition) is 7. The average Bonchev–Trinajstić information content (AvgIpc) is 3.37. The number of ether oxygens (including phenoxy) is 1. The molecule has 3 heterocycles. The van der Waals surface area contributed by atoms with E-state index in [2.05, 4.69) is 4.98 Å². The minimum atomic E-state index is -0.905. The number of carbonyl (C=O) groups is 2. The van der Waals surface area contributed by atoms with Gasteiger partial charge in [-0.1, -0.05) is 6.07 Å². The van der Waals surface area contributed by atoms with Crippen LogP contribution in [0.15, 0.2) is 71.1 Å². The van der Waals surface area contributed by atoms with Gasteiger partial charge < -0.3 is 24.3 Å². The number of pyridine rings is 1. The predicted molar refractivity (Wildman–Crippen MR) is 105 cm³/mol. The Morgan fingerprint density at radius 2 is 1.97 bits per heavy atom. The summed E-state index contributed by atoms with van der Waals surface area (Å²) < 4.78 is 10.5. The molecule has 0 bridgehead atoms. The second-order valence-electron chi connectivity index (χ2n) is 6.67. The highest BCUT2D eigenvalue weighted by molar-refractivity contribution is 6.46. The van der Waals surface area contributed by atoms with Crippen LogP contribution >= 0.6 is 0 Å². The van der Waals surface area contributed by atoms with E-state index in [1.165, 1.54) is 42.8 Å². The van der Waals surface area contributed by atoms with E-state index in [0.717, 1.165) is 0 Å². The highest BCUT2D eigenvalue weighted by Crippen LogP contribution is 2.42. The van der Waals surface area contributed by atoms with Crippen LogP contribution in [0.3, 0.4) is 0 Å². The van der Waals surface area contributed by atoms with Gasteiger partial charge in [-0.3, -0.25) is 14.6 Å². The van der Waals surface area contributed by atoms with Crippen LogP contribution in [-0.4, -0.2) is 38.9 Å². The summed E-state index contributed by atoms with van der Waals surface area (Å²) >= 11 is 0. The third-order valence-electron chi connectivity index (χ3n) is 4.92. The summed E-state index contributed by atoms with van der Waals surface area (Å²) in [6.07, 6.45) is 4.43. The number of amides is 1. The van der Waals surface area contributed by atoms with Crippen molar-refractivity contribution in [1.82, 2.24) is 9.88 Å². The number of furan rings is 1. The van der Waals surface area contributed by atoms with Crippen molar-refractivity contribution in [2.24, 2.45) is 0 Å². The van der Waals surface area contributed by atoms with Crippen LogP contribution in [0.1, 0.15) is 22.9 Å². The molecule has 1 fully saturated rings. The van der Waals surface area contributed by atoms with Crippen LogP contribution in [0, 0.1) is 0 Å². The first-order chi connectivity index (χ1) is 14.5. The Kier molecular flexibility index (Phi) is 4.97. The second kappa shape index (κ2) is 7.75. The maximum atomic E-state index is 12.9. The molecule has 1 unspecified atom stereocenters. The maximum Gasteiger partial charge on any atom is 0.296 e. The molecule has 0 radical (unpaired) electrons. The van der Waals surface area contributed by atoms with Crippen LogP contribution in [0.5, 0.6) is 11.5 Å². The molecule has 1 aliphatic heterocycles. The van der Waals surface area contributed by atoms with Gasteiger partial charge in [0.25, 0.3) is 11.7 Å². The molecule has 1 aliphatic rings. The Labute approximate surface area is 171 Å². The molecule has 0 aliphatic carbocycles. The lowest BCUT2D eigenvalue weighted by Crippen LogP contribution is -2.29. The monoisotopic (exact) mass is 406 g/mol. The number of aliphatic hydroxyl groups excluding tert-OH is 1. The predicted octanol–water partition coefficient (Wildman–Crippen LogP) is 3.01. The number of phenols is 1. The van der Waals surface area contributed by atoms with Crippen molar-refractivity contribution in [3.63, 3.8) is 0 Å². The number of rotatable bonds is 5. The smallest absolute Gasteiger partial charge is 0.296 e. The van der Waals surface area contributed by atoms with Crippen LogP contribution in [0.4, 0.5) is 0 Å². The van der Waals surface area contributed by atoms with Gasteiger partial charge in [-0.05, 0) is 42.0 Å². The van der Waals surface area contributed by atoms with Gasteiger partial charge in [0, 0.05) is 18.0 Å². The Morgan fingerprint density at radius 1 is 1.20 bits per heavy atom. The van der Waals surface area contributed by atoms with Gasteiger partial charge in [0.1, 0.15) is 11.5 Å². The number of aliphatic hydroxyl groups is 1. The number of carbonyl (C=O) groups excluding carboxylic acids is 2. The zero-order valence-electron chi connectivity index (χ0n) is 16.0. The zero-order valence-corrected chi connectivity index (χ0v) is 16.0. The highest BCUT2D eigenvalue weighted by Gasteiger charge is 2.46. The van der Waals surface area contributed by atoms with Crippen LogP contribution in [0.25, 0.3) is 5.76 Å². The summed E-state index contributed by atoms with van der Waals surface area (Å²) in [5, 5.41) is 20.9. The van der Waals surface area contributed by atoms with Crippen LogP contribution in [-0.2, 0) is 16.1 Å². The number of aromatic hydroxyl groups is 1. The van der Waals surface area contributed by atoms with Gasteiger partial charge in [0.2, 0.25) is 0 Å². The third kappa shape index (κ3) is 3.28. The lowest BCUT2D eigenvalue weighted by Gasteiger charge is -2.25. The number of methoxy groups -OCH3 is 1. The van der Waals surface area contributed by atoms with E-state index >= 15 is 0 Å². The number of phenolic OH excluding ortho intramolecular Hbond substituents is 1. The quantitative estimate of drug-likeness (QED) is 0.380. The SMILES string of the molecule is COc1cc(C2C(=C(O)c3ccncc3)C(=O)C(=O)N2Cc2ccco2)ccc1O. The van der Waals surface area contributed by atoms with Crippen molar-refractivity contribution in [2.45, 2.75) is 12.6 Å².